The molecule has 1 aromatic rings. The summed E-state index contributed by atoms with van der Waals surface area (Å²) in [6.07, 6.45) is 1.53. The molecule has 0 bridgehead atoms. The van der Waals surface area contributed by atoms with Gasteiger partial charge < -0.3 is 5.11 Å². The average Bonchev–Trinajstić information content (AvgIpc) is 2.03. The predicted molar refractivity (Wildman–Crippen MR) is 49.9 cm³/mol. The molecular formula is C10H13NO2Zn. The molecule has 0 aromatic carbocycles. The standard InChI is InChI=1S/C10H13NO2.Zn/c1-10(2,3)7-4-5-11-8(6-7)9(12)13;/h4-6H,1-3H3,(H,12,13);. The molecule has 1 rings (SSSR count). The molecule has 0 saturated heterocycles. The van der Waals surface area contributed by atoms with Gasteiger partial charge >= 0.3 is 5.97 Å². The zero-order valence-electron chi connectivity index (χ0n) is 8.74. The predicted octanol–water partition coefficient (Wildman–Crippen LogP) is 2.07. The van der Waals surface area contributed by atoms with E-state index < -0.39 is 5.97 Å². The molecule has 0 unspecified atom stereocenters. The SMILES string of the molecule is CC(C)(C)c1ccnc(C(=O)O)c1.[Zn]. The zero-order chi connectivity index (χ0) is 10.1. The van der Waals surface area contributed by atoms with Crippen molar-refractivity contribution in [3.63, 3.8) is 0 Å². The monoisotopic (exact) mass is 243 g/mol. The van der Waals surface area contributed by atoms with Crippen molar-refractivity contribution in [3.05, 3.63) is 29.6 Å². The molecular weight excluding hydrogens is 232 g/mol. The first-order valence-electron chi connectivity index (χ1n) is 4.11. The van der Waals surface area contributed by atoms with Crippen LogP contribution in [-0.2, 0) is 24.9 Å². The number of carbonyl (C=O) groups is 1. The molecule has 3 nitrogen and oxygen atoms in total. The van der Waals surface area contributed by atoms with Gasteiger partial charge in [0.2, 0.25) is 0 Å². The Balaban J connectivity index is 0.00000169. The third-order valence-corrected chi connectivity index (χ3v) is 1.85. The molecule has 0 aliphatic rings. The van der Waals surface area contributed by atoms with Gasteiger partial charge in [0.25, 0.3) is 0 Å². The molecule has 0 amide bonds. The van der Waals surface area contributed by atoms with E-state index in [0.29, 0.717) is 0 Å². The first-order chi connectivity index (χ1) is 5.91. The number of aromatic carboxylic acids is 1. The number of pyridine rings is 1. The van der Waals surface area contributed by atoms with Crippen molar-refractivity contribution in [2.24, 2.45) is 0 Å². The first-order valence-corrected chi connectivity index (χ1v) is 4.11. The Morgan fingerprint density at radius 1 is 1.43 bits per heavy atom. The van der Waals surface area contributed by atoms with Crippen molar-refractivity contribution in [2.45, 2.75) is 26.2 Å². The maximum atomic E-state index is 10.6. The van der Waals surface area contributed by atoms with Gasteiger partial charge in [0.15, 0.2) is 0 Å². The zero-order valence-corrected chi connectivity index (χ0v) is 11.7. The van der Waals surface area contributed by atoms with E-state index >= 15 is 0 Å². The molecule has 1 aromatic heterocycles. The van der Waals surface area contributed by atoms with E-state index in [0.717, 1.165) is 5.56 Å². The number of rotatable bonds is 1. The fourth-order valence-corrected chi connectivity index (χ4v) is 1.01. The number of hydrogen-bond donors (Lipinski definition) is 1. The van der Waals surface area contributed by atoms with E-state index in [1.807, 2.05) is 26.8 Å². The van der Waals surface area contributed by atoms with Gasteiger partial charge in [0.05, 0.1) is 0 Å². The molecule has 0 aliphatic carbocycles. The number of carboxylic acid groups (broad SMARTS) is 1. The average molecular weight is 245 g/mol. The Labute approximate surface area is 96.3 Å². The molecule has 72 valence electrons. The Kier molecular flexibility index (Phi) is 4.40. The van der Waals surface area contributed by atoms with Crippen LogP contribution in [0.25, 0.3) is 0 Å². The van der Waals surface area contributed by atoms with Gasteiger partial charge in [-0.3, -0.25) is 0 Å². The third-order valence-electron chi connectivity index (χ3n) is 1.85. The minimum atomic E-state index is -0.980. The van der Waals surface area contributed by atoms with Crippen LogP contribution in [0, 0.1) is 0 Å². The summed E-state index contributed by atoms with van der Waals surface area (Å²) < 4.78 is 0. The van der Waals surface area contributed by atoms with Crippen LogP contribution in [0.4, 0.5) is 0 Å². The topological polar surface area (TPSA) is 50.2 Å². The van der Waals surface area contributed by atoms with Crippen LogP contribution in [0.15, 0.2) is 18.3 Å². The van der Waals surface area contributed by atoms with E-state index in [-0.39, 0.29) is 30.6 Å². The normalized spacial score (nSPS) is 10.5. The van der Waals surface area contributed by atoms with Crippen LogP contribution >= 0.6 is 0 Å². The molecule has 0 fully saturated rings. The number of nitrogens with zero attached hydrogens (tertiary/aromatic N) is 1. The van der Waals surface area contributed by atoms with Gasteiger partial charge in [0.1, 0.15) is 5.69 Å². The number of carboxylic acids is 1. The molecule has 0 saturated carbocycles. The van der Waals surface area contributed by atoms with Crippen LogP contribution in [0.2, 0.25) is 0 Å². The smallest absolute Gasteiger partial charge is 0.354 e. The molecule has 1 N–H and O–H groups in total. The van der Waals surface area contributed by atoms with Crippen molar-refractivity contribution in [2.75, 3.05) is 0 Å². The summed E-state index contributed by atoms with van der Waals surface area (Å²) in [4.78, 5) is 14.4. The van der Waals surface area contributed by atoms with Crippen LogP contribution in [0.1, 0.15) is 36.8 Å². The molecule has 0 spiro atoms. The number of hydrogen-bond acceptors (Lipinski definition) is 2. The van der Waals surface area contributed by atoms with E-state index in [2.05, 4.69) is 4.98 Å². The van der Waals surface area contributed by atoms with Crippen molar-refractivity contribution in [3.8, 4) is 0 Å². The first kappa shape index (κ1) is 13.2. The maximum absolute atomic E-state index is 10.6. The van der Waals surface area contributed by atoms with Gasteiger partial charge in [-0.15, -0.1) is 0 Å². The minimum absolute atomic E-state index is 0. The molecule has 1 heterocycles. The third kappa shape index (κ3) is 3.19. The summed E-state index contributed by atoms with van der Waals surface area (Å²) in [6, 6.07) is 3.45. The van der Waals surface area contributed by atoms with Crippen molar-refractivity contribution in [1.29, 1.82) is 0 Å². The van der Waals surface area contributed by atoms with Crippen molar-refractivity contribution < 1.29 is 29.4 Å². The number of aromatic nitrogens is 1. The van der Waals surface area contributed by atoms with Gasteiger partial charge in [-0.1, -0.05) is 20.8 Å². The maximum Gasteiger partial charge on any atom is 0.354 e. The van der Waals surface area contributed by atoms with E-state index in [4.69, 9.17) is 5.11 Å². The van der Waals surface area contributed by atoms with Gasteiger partial charge in [-0.05, 0) is 23.1 Å². The largest absolute Gasteiger partial charge is 0.477 e. The summed E-state index contributed by atoms with van der Waals surface area (Å²) >= 11 is 0. The van der Waals surface area contributed by atoms with E-state index in [1.54, 1.807) is 6.07 Å². The minimum Gasteiger partial charge on any atom is -0.477 e. The Hall–Kier alpha value is -0.757. The second-order valence-electron chi connectivity index (χ2n) is 3.98. The molecule has 0 atom stereocenters. The van der Waals surface area contributed by atoms with Crippen molar-refractivity contribution in [1.82, 2.24) is 4.98 Å². The van der Waals surface area contributed by atoms with Crippen LogP contribution in [0.3, 0.4) is 0 Å². The second kappa shape index (κ2) is 4.65. The molecule has 0 radical (unpaired) electrons. The van der Waals surface area contributed by atoms with Crippen molar-refractivity contribution >= 4 is 5.97 Å². The van der Waals surface area contributed by atoms with Crippen LogP contribution < -0.4 is 0 Å². The fraction of sp³-hybridized carbons (Fsp3) is 0.400. The fourth-order valence-electron chi connectivity index (χ4n) is 1.01. The van der Waals surface area contributed by atoms with Crippen LogP contribution in [-0.4, -0.2) is 16.1 Å². The van der Waals surface area contributed by atoms with E-state index in [1.165, 1.54) is 6.20 Å². The molecule has 14 heavy (non-hydrogen) atoms. The summed E-state index contributed by atoms with van der Waals surface area (Å²) in [5.41, 5.74) is 1.06. The van der Waals surface area contributed by atoms with E-state index in [9.17, 15) is 4.79 Å². The summed E-state index contributed by atoms with van der Waals surface area (Å²) in [5.74, 6) is -0.980. The van der Waals surface area contributed by atoms with Gasteiger partial charge in [-0.2, -0.15) is 0 Å². The Morgan fingerprint density at radius 3 is 2.43 bits per heavy atom. The Bertz CT molecular complexity index is 331. The second-order valence-corrected chi connectivity index (χ2v) is 3.98. The van der Waals surface area contributed by atoms with Gasteiger partial charge in [-0.25, -0.2) is 9.78 Å². The quantitative estimate of drug-likeness (QED) is 0.770. The summed E-state index contributed by atoms with van der Waals surface area (Å²) in [7, 11) is 0. The molecule has 4 heteroatoms. The van der Waals surface area contributed by atoms with Crippen LogP contribution in [0.5, 0.6) is 0 Å². The van der Waals surface area contributed by atoms with Gasteiger partial charge in [0, 0.05) is 25.7 Å². The molecule has 0 aliphatic heterocycles. The summed E-state index contributed by atoms with van der Waals surface area (Å²) in [6.45, 7) is 6.11. The Morgan fingerprint density at radius 2 is 2.00 bits per heavy atom. The summed E-state index contributed by atoms with van der Waals surface area (Å²) in [5, 5.41) is 8.71.